The lowest BCUT2D eigenvalue weighted by molar-refractivity contribution is 0.115. The molecule has 1 fully saturated rings. The number of methoxy groups -OCH3 is 1. The third-order valence-electron chi connectivity index (χ3n) is 4.43. The van der Waals surface area contributed by atoms with Gasteiger partial charge in [0.15, 0.2) is 0 Å². The highest BCUT2D eigenvalue weighted by Gasteiger charge is 2.34. The Balaban J connectivity index is 2.27. The van der Waals surface area contributed by atoms with E-state index in [1.807, 2.05) is 0 Å². The summed E-state index contributed by atoms with van der Waals surface area (Å²) in [5, 5.41) is 0. The molecule has 1 saturated carbocycles. The van der Waals surface area contributed by atoms with Crippen LogP contribution in [0.4, 0.5) is 0 Å². The van der Waals surface area contributed by atoms with Crippen LogP contribution in [0.15, 0.2) is 12.1 Å². The molecule has 3 heteroatoms. The second-order valence-electron chi connectivity index (χ2n) is 6.01. The molecule has 0 aliphatic heterocycles. The Morgan fingerprint density at radius 1 is 1.20 bits per heavy atom. The van der Waals surface area contributed by atoms with Crippen molar-refractivity contribution in [2.75, 3.05) is 26.8 Å². The number of hydrogen-bond donors (Lipinski definition) is 1. The predicted octanol–water partition coefficient (Wildman–Crippen LogP) is 2.72. The Morgan fingerprint density at radius 2 is 1.85 bits per heavy atom. The maximum Gasteiger partial charge on any atom is 0.0590 e. The van der Waals surface area contributed by atoms with Crippen LogP contribution in [0.2, 0.25) is 0 Å². The molecule has 1 atom stereocenters. The van der Waals surface area contributed by atoms with Crippen LogP contribution in [0.25, 0.3) is 0 Å². The first kappa shape index (κ1) is 15.5. The molecule has 0 heterocycles. The van der Waals surface area contributed by atoms with Crippen LogP contribution in [0.5, 0.6) is 0 Å². The number of hydrogen-bond acceptors (Lipinski definition) is 3. The average molecular weight is 276 g/mol. The summed E-state index contributed by atoms with van der Waals surface area (Å²) in [4.78, 5) is 2.54. The van der Waals surface area contributed by atoms with Gasteiger partial charge in [0, 0.05) is 32.3 Å². The second kappa shape index (κ2) is 6.70. The molecule has 0 spiro atoms. The number of benzene rings is 1. The Kier molecular flexibility index (Phi) is 5.19. The number of nitrogens with two attached hydrogens (primary N) is 1. The fraction of sp³-hybridized carbons (Fsp3) is 0.647. The first-order valence-electron chi connectivity index (χ1n) is 7.61. The van der Waals surface area contributed by atoms with E-state index in [2.05, 4.69) is 37.8 Å². The van der Waals surface area contributed by atoms with Gasteiger partial charge >= 0.3 is 0 Å². The molecule has 1 unspecified atom stereocenters. The lowest BCUT2D eigenvalue weighted by atomic mass is 9.94. The molecule has 1 aliphatic carbocycles. The molecule has 0 amide bonds. The summed E-state index contributed by atoms with van der Waals surface area (Å²) in [6.07, 6.45) is 2.59. The van der Waals surface area contributed by atoms with E-state index in [0.29, 0.717) is 18.6 Å². The van der Waals surface area contributed by atoms with E-state index in [0.717, 1.165) is 13.2 Å². The second-order valence-corrected chi connectivity index (χ2v) is 6.01. The van der Waals surface area contributed by atoms with Crippen molar-refractivity contribution in [2.45, 2.75) is 45.7 Å². The van der Waals surface area contributed by atoms with Crippen LogP contribution in [-0.4, -0.2) is 37.7 Å². The third-order valence-corrected chi connectivity index (χ3v) is 4.43. The predicted molar refractivity (Wildman–Crippen MR) is 84.1 cm³/mol. The Hall–Kier alpha value is -0.900. The Bertz CT molecular complexity index is 455. The number of rotatable bonds is 7. The molecule has 20 heavy (non-hydrogen) atoms. The molecule has 112 valence electrons. The van der Waals surface area contributed by atoms with E-state index >= 15 is 0 Å². The van der Waals surface area contributed by atoms with Crippen molar-refractivity contribution < 1.29 is 4.74 Å². The van der Waals surface area contributed by atoms with E-state index in [4.69, 9.17) is 10.5 Å². The van der Waals surface area contributed by atoms with Crippen molar-refractivity contribution >= 4 is 0 Å². The van der Waals surface area contributed by atoms with E-state index in [-0.39, 0.29) is 0 Å². The zero-order chi connectivity index (χ0) is 14.7. The minimum absolute atomic E-state index is 0.317. The van der Waals surface area contributed by atoms with Gasteiger partial charge in [-0.1, -0.05) is 12.1 Å². The van der Waals surface area contributed by atoms with Gasteiger partial charge in [-0.15, -0.1) is 0 Å². The first-order valence-corrected chi connectivity index (χ1v) is 7.61. The van der Waals surface area contributed by atoms with Crippen molar-refractivity contribution in [1.82, 2.24) is 4.90 Å². The van der Waals surface area contributed by atoms with Crippen LogP contribution < -0.4 is 5.73 Å². The molecular formula is C17H28N2O. The quantitative estimate of drug-likeness (QED) is 0.832. The highest BCUT2D eigenvalue weighted by molar-refractivity contribution is 5.38. The van der Waals surface area contributed by atoms with E-state index < -0.39 is 0 Å². The largest absolute Gasteiger partial charge is 0.383 e. The van der Waals surface area contributed by atoms with Crippen LogP contribution >= 0.6 is 0 Å². The lowest BCUT2D eigenvalue weighted by Crippen LogP contribution is -2.38. The summed E-state index contributed by atoms with van der Waals surface area (Å²) in [7, 11) is 1.77. The van der Waals surface area contributed by atoms with Gasteiger partial charge in [0.1, 0.15) is 0 Å². The number of aryl methyl sites for hydroxylation is 3. The fourth-order valence-electron chi connectivity index (χ4n) is 2.98. The number of nitrogens with zero attached hydrogens (tertiary/aromatic N) is 1. The minimum Gasteiger partial charge on any atom is -0.383 e. The summed E-state index contributed by atoms with van der Waals surface area (Å²) < 4.78 is 5.27. The summed E-state index contributed by atoms with van der Waals surface area (Å²) in [6, 6.07) is 5.62. The number of ether oxygens (including phenoxy) is 1. The Labute approximate surface area is 123 Å². The Morgan fingerprint density at radius 3 is 2.40 bits per heavy atom. The minimum atomic E-state index is 0.317. The smallest absolute Gasteiger partial charge is 0.0590 e. The highest BCUT2D eigenvalue weighted by atomic mass is 16.5. The van der Waals surface area contributed by atoms with Gasteiger partial charge in [-0.25, -0.2) is 0 Å². The molecule has 0 bridgehead atoms. The molecule has 1 aliphatic rings. The van der Waals surface area contributed by atoms with Gasteiger partial charge < -0.3 is 10.5 Å². The fourth-order valence-corrected chi connectivity index (χ4v) is 2.98. The standard InChI is InChI=1S/C17H28N2O/c1-12-9-14(3)16(10-13(12)2)17(11-18)19(7-8-20-4)15-5-6-15/h9-10,15,17H,5-8,11,18H2,1-4H3. The zero-order valence-corrected chi connectivity index (χ0v) is 13.3. The van der Waals surface area contributed by atoms with Crippen molar-refractivity contribution in [3.8, 4) is 0 Å². The lowest BCUT2D eigenvalue weighted by Gasteiger charge is -2.32. The molecule has 3 nitrogen and oxygen atoms in total. The van der Waals surface area contributed by atoms with E-state index in [9.17, 15) is 0 Å². The molecular weight excluding hydrogens is 248 g/mol. The molecule has 0 aromatic heterocycles. The topological polar surface area (TPSA) is 38.5 Å². The monoisotopic (exact) mass is 276 g/mol. The average Bonchev–Trinajstić information content (AvgIpc) is 3.24. The van der Waals surface area contributed by atoms with Crippen LogP contribution in [0, 0.1) is 20.8 Å². The van der Waals surface area contributed by atoms with Crippen molar-refractivity contribution in [2.24, 2.45) is 5.73 Å². The van der Waals surface area contributed by atoms with E-state index in [1.54, 1.807) is 7.11 Å². The highest BCUT2D eigenvalue weighted by Crippen LogP contribution is 2.35. The summed E-state index contributed by atoms with van der Waals surface area (Å²) in [5.74, 6) is 0. The van der Waals surface area contributed by atoms with Gasteiger partial charge in [0.2, 0.25) is 0 Å². The van der Waals surface area contributed by atoms with Gasteiger partial charge in [0.25, 0.3) is 0 Å². The summed E-state index contributed by atoms with van der Waals surface area (Å²) in [6.45, 7) is 8.97. The van der Waals surface area contributed by atoms with Crippen LogP contribution in [0.3, 0.4) is 0 Å². The SMILES string of the molecule is COCCN(C1CC1)C(CN)c1cc(C)c(C)cc1C. The zero-order valence-electron chi connectivity index (χ0n) is 13.3. The normalized spacial score (nSPS) is 16.7. The van der Waals surface area contributed by atoms with Gasteiger partial charge in [-0.05, 0) is 55.9 Å². The summed E-state index contributed by atoms with van der Waals surface area (Å²) in [5.41, 5.74) is 11.6. The van der Waals surface area contributed by atoms with Crippen molar-refractivity contribution in [3.63, 3.8) is 0 Å². The van der Waals surface area contributed by atoms with Crippen LogP contribution in [0.1, 0.15) is 41.1 Å². The summed E-state index contributed by atoms with van der Waals surface area (Å²) >= 11 is 0. The molecule has 2 rings (SSSR count). The third kappa shape index (κ3) is 3.40. The molecule has 0 saturated heterocycles. The first-order chi connectivity index (χ1) is 9.58. The van der Waals surface area contributed by atoms with Crippen LogP contribution in [-0.2, 0) is 4.74 Å². The van der Waals surface area contributed by atoms with Crippen molar-refractivity contribution in [3.05, 3.63) is 34.4 Å². The van der Waals surface area contributed by atoms with Gasteiger partial charge in [-0.3, -0.25) is 4.90 Å². The maximum atomic E-state index is 6.12. The molecule has 1 aromatic carbocycles. The van der Waals surface area contributed by atoms with Crippen molar-refractivity contribution in [1.29, 1.82) is 0 Å². The maximum absolute atomic E-state index is 6.12. The molecule has 2 N–H and O–H groups in total. The van der Waals surface area contributed by atoms with E-state index in [1.165, 1.54) is 35.1 Å². The molecule has 0 radical (unpaired) electrons. The van der Waals surface area contributed by atoms with Gasteiger partial charge in [-0.2, -0.15) is 0 Å². The molecule has 1 aromatic rings. The van der Waals surface area contributed by atoms with Gasteiger partial charge in [0.05, 0.1) is 6.61 Å².